The van der Waals surface area contributed by atoms with E-state index in [4.69, 9.17) is 30.7 Å². The van der Waals surface area contributed by atoms with E-state index in [-0.39, 0.29) is 5.71 Å². The fourth-order valence-corrected chi connectivity index (χ4v) is 3.25. The Kier molecular flexibility index (Phi) is 4.82. The summed E-state index contributed by atoms with van der Waals surface area (Å²) in [6, 6.07) is -0.800. The normalized spacial score (nSPS) is 15.4. The van der Waals surface area contributed by atoms with E-state index in [1.165, 1.54) is 6.92 Å². The van der Waals surface area contributed by atoms with Crippen LogP contribution in [-0.2, 0) is 9.13 Å². The van der Waals surface area contributed by atoms with Crippen molar-refractivity contribution in [2.75, 3.05) is 0 Å². The summed E-state index contributed by atoms with van der Waals surface area (Å²) in [6.45, 7) is 1.39. The van der Waals surface area contributed by atoms with Gasteiger partial charge in [0.1, 0.15) is 0 Å². The Labute approximate surface area is 86.3 Å². The quantitative estimate of drug-likeness (QED) is 0.284. The molecule has 0 bridgehead atoms. The highest BCUT2D eigenvalue weighted by Gasteiger charge is 2.43. The van der Waals surface area contributed by atoms with Crippen molar-refractivity contribution in [3.8, 4) is 0 Å². The van der Waals surface area contributed by atoms with Crippen molar-refractivity contribution >= 4 is 20.9 Å². The van der Waals surface area contributed by atoms with Crippen molar-refractivity contribution < 1.29 is 28.7 Å². The van der Waals surface area contributed by atoms with Crippen molar-refractivity contribution in [1.29, 1.82) is 5.41 Å². The molecular formula is C5H14N2O6P2. The zero-order chi connectivity index (χ0) is 12.4. The minimum Gasteiger partial charge on any atom is -0.324 e. The molecule has 0 aliphatic rings. The van der Waals surface area contributed by atoms with Gasteiger partial charge >= 0.3 is 15.2 Å². The summed E-state index contributed by atoms with van der Waals surface area (Å²) in [5, 5.41) is 5.04. The standard InChI is InChI=1S/C5H14N2O6P2/c1-3(6)4(7)2-5(14(8,9)10)15(11,12)13/h3,5,7H,2,6H2,1H3,(H2,8,9,10)(H2,11,12,13). The molecule has 0 amide bonds. The maximum absolute atomic E-state index is 10.8. The Balaban J connectivity index is 4.94. The lowest BCUT2D eigenvalue weighted by molar-refractivity contribution is 0.339. The Hall–Kier alpha value is -0.0700. The van der Waals surface area contributed by atoms with Gasteiger partial charge in [0.2, 0.25) is 0 Å². The van der Waals surface area contributed by atoms with E-state index in [1.54, 1.807) is 0 Å². The maximum Gasteiger partial charge on any atom is 0.341 e. The van der Waals surface area contributed by atoms with Gasteiger partial charge in [-0.25, -0.2) is 0 Å². The van der Waals surface area contributed by atoms with Gasteiger partial charge in [-0.2, -0.15) is 0 Å². The third-order valence-corrected chi connectivity index (χ3v) is 5.45. The van der Waals surface area contributed by atoms with Crippen LogP contribution in [0.15, 0.2) is 0 Å². The van der Waals surface area contributed by atoms with Gasteiger partial charge < -0.3 is 30.7 Å². The summed E-state index contributed by atoms with van der Waals surface area (Å²) < 4.78 is 21.6. The number of nitrogens with two attached hydrogens (primary N) is 1. The molecule has 0 aliphatic carbocycles. The van der Waals surface area contributed by atoms with Crippen LogP contribution in [0.1, 0.15) is 13.3 Å². The fraction of sp³-hybridized carbons (Fsp3) is 0.800. The molecule has 0 spiro atoms. The van der Waals surface area contributed by atoms with Gasteiger partial charge in [-0.3, -0.25) is 9.13 Å². The lowest BCUT2D eigenvalue weighted by atomic mass is 10.2. The van der Waals surface area contributed by atoms with Crippen molar-refractivity contribution in [3.63, 3.8) is 0 Å². The highest BCUT2D eigenvalue weighted by atomic mass is 31.2. The fourth-order valence-electron chi connectivity index (χ4n) is 0.816. The third-order valence-electron chi connectivity index (χ3n) is 1.73. The summed E-state index contributed by atoms with van der Waals surface area (Å²) in [5.74, 6) is 0. The second-order valence-electron chi connectivity index (χ2n) is 3.18. The molecule has 0 fully saturated rings. The van der Waals surface area contributed by atoms with Crippen LogP contribution in [-0.4, -0.2) is 36.7 Å². The molecule has 0 aliphatic heterocycles. The topological polar surface area (TPSA) is 165 Å². The molecular weight excluding hydrogens is 246 g/mol. The van der Waals surface area contributed by atoms with E-state index < -0.39 is 33.1 Å². The van der Waals surface area contributed by atoms with Gasteiger partial charge in [-0.1, -0.05) is 0 Å². The second kappa shape index (κ2) is 4.84. The Morgan fingerprint density at radius 1 is 1.27 bits per heavy atom. The molecule has 7 N–H and O–H groups in total. The van der Waals surface area contributed by atoms with Crippen LogP contribution in [0.2, 0.25) is 0 Å². The highest BCUT2D eigenvalue weighted by Crippen LogP contribution is 2.61. The predicted molar refractivity (Wildman–Crippen MR) is 53.9 cm³/mol. The molecule has 15 heavy (non-hydrogen) atoms. The molecule has 8 nitrogen and oxygen atoms in total. The van der Waals surface area contributed by atoms with Crippen LogP contribution >= 0.6 is 15.2 Å². The van der Waals surface area contributed by atoms with E-state index in [2.05, 4.69) is 0 Å². The van der Waals surface area contributed by atoms with Gasteiger partial charge in [0, 0.05) is 18.2 Å². The lowest BCUT2D eigenvalue weighted by Gasteiger charge is -2.20. The highest BCUT2D eigenvalue weighted by molar-refractivity contribution is 7.70. The average molecular weight is 260 g/mol. The first kappa shape index (κ1) is 14.9. The van der Waals surface area contributed by atoms with E-state index >= 15 is 0 Å². The molecule has 0 aromatic carbocycles. The average Bonchev–Trinajstić information content (AvgIpc) is 1.94. The zero-order valence-corrected chi connectivity index (χ0v) is 9.73. The van der Waals surface area contributed by atoms with Crippen molar-refractivity contribution in [2.24, 2.45) is 5.73 Å². The zero-order valence-electron chi connectivity index (χ0n) is 7.94. The molecule has 0 saturated heterocycles. The summed E-state index contributed by atoms with van der Waals surface area (Å²) in [6.07, 6.45) is -0.716. The van der Waals surface area contributed by atoms with Crippen LogP contribution in [0.4, 0.5) is 0 Å². The minimum absolute atomic E-state index is 0.313. The first-order valence-electron chi connectivity index (χ1n) is 3.89. The maximum atomic E-state index is 10.8. The predicted octanol–water partition coefficient (Wildman–Crippen LogP) is -0.575. The van der Waals surface area contributed by atoms with Gasteiger partial charge in [-0.15, -0.1) is 0 Å². The van der Waals surface area contributed by atoms with Crippen LogP contribution in [0.3, 0.4) is 0 Å². The number of hydrogen-bond donors (Lipinski definition) is 6. The number of rotatable bonds is 5. The van der Waals surface area contributed by atoms with E-state index in [0.717, 1.165) is 0 Å². The summed E-state index contributed by atoms with van der Waals surface area (Å²) in [4.78, 5) is 34.9. The monoisotopic (exact) mass is 260 g/mol. The molecule has 0 radical (unpaired) electrons. The second-order valence-corrected chi connectivity index (χ2v) is 7.19. The minimum atomic E-state index is -4.95. The molecule has 0 aromatic heterocycles. The summed E-state index contributed by atoms with van der Waals surface area (Å²) in [7, 11) is -9.90. The molecule has 0 saturated carbocycles. The lowest BCUT2D eigenvalue weighted by Crippen LogP contribution is -2.29. The summed E-state index contributed by atoms with van der Waals surface area (Å²) >= 11 is 0. The number of nitrogens with one attached hydrogen (secondary N) is 1. The van der Waals surface area contributed by atoms with Crippen LogP contribution < -0.4 is 5.73 Å². The molecule has 1 atom stereocenters. The molecule has 90 valence electrons. The molecule has 10 heteroatoms. The van der Waals surface area contributed by atoms with Gasteiger partial charge in [0.15, 0.2) is 5.40 Å². The largest absolute Gasteiger partial charge is 0.341 e. The molecule has 0 aromatic rings. The van der Waals surface area contributed by atoms with Gasteiger partial charge in [0.25, 0.3) is 0 Å². The van der Waals surface area contributed by atoms with E-state index in [0.29, 0.717) is 0 Å². The van der Waals surface area contributed by atoms with Gasteiger partial charge in [-0.05, 0) is 6.92 Å². The van der Waals surface area contributed by atoms with E-state index in [9.17, 15) is 9.13 Å². The third kappa shape index (κ3) is 4.99. The van der Waals surface area contributed by atoms with Crippen LogP contribution in [0, 0.1) is 5.41 Å². The van der Waals surface area contributed by atoms with Crippen LogP contribution in [0.25, 0.3) is 0 Å². The summed E-state index contributed by atoms with van der Waals surface area (Å²) in [5.41, 5.74) is 4.93. The van der Waals surface area contributed by atoms with Crippen molar-refractivity contribution in [1.82, 2.24) is 0 Å². The molecule has 1 unspecified atom stereocenters. The van der Waals surface area contributed by atoms with Crippen LogP contribution in [0.5, 0.6) is 0 Å². The van der Waals surface area contributed by atoms with E-state index in [1.807, 2.05) is 0 Å². The van der Waals surface area contributed by atoms with Crippen molar-refractivity contribution in [2.45, 2.75) is 24.8 Å². The Bertz CT molecular complexity index is 308. The van der Waals surface area contributed by atoms with Gasteiger partial charge in [0.05, 0.1) is 0 Å². The Morgan fingerprint density at radius 3 is 1.80 bits per heavy atom. The molecule has 0 heterocycles. The van der Waals surface area contributed by atoms with Crippen molar-refractivity contribution in [3.05, 3.63) is 0 Å². The first-order chi connectivity index (χ1) is 6.46. The Morgan fingerprint density at radius 2 is 1.60 bits per heavy atom. The SMILES string of the molecule is CC(N)C(=N)CC(P(=O)(O)O)P(=O)(O)O. The number of hydrogen-bond acceptors (Lipinski definition) is 4. The smallest absolute Gasteiger partial charge is 0.324 e. The molecule has 0 rings (SSSR count). The first-order valence-corrected chi connectivity index (χ1v) is 7.26.